The van der Waals surface area contributed by atoms with Gasteiger partial charge in [-0.2, -0.15) is 10.2 Å². The van der Waals surface area contributed by atoms with E-state index in [2.05, 4.69) is 49.6 Å². The predicted molar refractivity (Wildman–Crippen MR) is 81.0 cm³/mol. The van der Waals surface area contributed by atoms with Crippen LogP contribution in [-0.2, 0) is 6.54 Å². The van der Waals surface area contributed by atoms with E-state index in [1.165, 1.54) is 5.56 Å². The van der Waals surface area contributed by atoms with Crippen LogP contribution in [-0.4, -0.2) is 10.2 Å². The van der Waals surface area contributed by atoms with Crippen LogP contribution in [0.15, 0.2) is 59.2 Å². The number of hydrogen-bond donors (Lipinski definition) is 1. The molecular formula is C15H12BrN3. The summed E-state index contributed by atoms with van der Waals surface area (Å²) >= 11 is 3.49. The first kappa shape index (κ1) is 12.1. The molecule has 1 heterocycles. The number of fused-ring (bicyclic) bond motifs is 1. The van der Waals surface area contributed by atoms with Gasteiger partial charge in [-0.25, -0.2) is 0 Å². The zero-order valence-corrected chi connectivity index (χ0v) is 11.8. The van der Waals surface area contributed by atoms with Gasteiger partial charge in [0, 0.05) is 16.4 Å². The van der Waals surface area contributed by atoms with E-state index in [0.29, 0.717) is 0 Å². The Morgan fingerprint density at radius 2 is 1.89 bits per heavy atom. The highest BCUT2D eigenvalue weighted by molar-refractivity contribution is 9.10. The minimum atomic E-state index is 0.772. The molecule has 0 radical (unpaired) electrons. The largest absolute Gasteiger partial charge is 0.379 e. The third kappa shape index (κ3) is 2.74. The van der Waals surface area contributed by atoms with E-state index < -0.39 is 0 Å². The van der Waals surface area contributed by atoms with Crippen molar-refractivity contribution in [3.8, 4) is 0 Å². The van der Waals surface area contributed by atoms with Gasteiger partial charge in [0.15, 0.2) is 0 Å². The highest BCUT2D eigenvalue weighted by Gasteiger charge is 2.03. The summed E-state index contributed by atoms with van der Waals surface area (Å²) in [7, 11) is 0. The molecule has 1 aromatic heterocycles. The molecule has 2 aromatic carbocycles. The maximum atomic E-state index is 4.13. The summed E-state index contributed by atoms with van der Waals surface area (Å²) in [5, 5.41) is 12.6. The Bertz CT molecular complexity index is 698. The molecule has 0 aliphatic heterocycles. The average Bonchev–Trinajstić information content (AvgIpc) is 2.46. The third-order valence-electron chi connectivity index (χ3n) is 2.93. The summed E-state index contributed by atoms with van der Waals surface area (Å²) in [5.41, 5.74) is 3.12. The molecule has 4 heteroatoms. The average molecular weight is 314 g/mol. The lowest BCUT2D eigenvalue weighted by atomic mass is 10.2. The van der Waals surface area contributed by atoms with Crippen LogP contribution in [0.5, 0.6) is 0 Å². The number of nitrogens with one attached hydrogen (secondary N) is 1. The number of benzene rings is 2. The molecule has 0 aliphatic rings. The molecule has 0 unspecified atom stereocenters. The van der Waals surface area contributed by atoms with E-state index in [1.54, 1.807) is 6.20 Å². The lowest BCUT2D eigenvalue weighted by Crippen LogP contribution is -2.01. The van der Waals surface area contributed by atoms with Crippen molar-refractivity contribution in [1.82, 2.24) is 10.2 Å². The second-order valence-electron chi connectivity index (χ2n) is 4.26. The molecule has 3 aromatic rings. The summed E-state index contributed by atoms with van der Waals surface area (Å²) in [6, 6.07) is 16.3. The van der Waals surface area contributed by atoms with Gasteiger partial charge in [0.2, 0.25) is 0 Å². The Morgan fingerprint density at radius 3 is 2.74 bits per heavy atom. The molecule has 0 spiro atoms. The fourth-order valence-electron chi connectivity index (χ4n) is 1.96. The van der Waals surface area contributed by atoms with E-state index in [1.807, 2.05) is 30.3 Å². The van der Waals surface area contributed by atoms with Gasteiger partial charge < -0.3 is 5.32 Å². The van der Waals surface area contributed by atoms with E-state index >= 15 is 0 Å². The predicted octanol–water partition coefficient (Wildman–Crippen LogP) is 4.00. The fourth-order valence-corrected chi connectivity index (χ4v) is 2.32. The van der Waals surface area contributed by atoms with Crippen LogP contribution >= 0.6 is 15.9 Å². The first-order chi connectivity index (χ1) is 9.33. The van der Waals surface area contributed by atoms with E-state index in [4.69, 9.17) is 0 Å². The minimum Gasteiger partial charge on any atom is -0.379 e. The molecule has 0 atom stereocenters. The highest BCUT2D eigenvalue weighted by atomic mass is 79.9. The topological polar surface area (TPSA) is 37.8 Å². The van der Waals surface area contributed by atoms with Crippen LogP contribution < -0.4 is 5.32 Å². The molecule has 0 bridgehead atoms. The molecular weight excluding hydrogens is 302 g/mol. The molecule has 0 fully saturated rings. The van der Waals surface area contributed by atoms with Gasteiger partial charge in [-0.15, -0.1) is 0 Å². The number of halogens is 1. The van der Waals surface area contributed by atoms with Crippen LogP contribution in [0.4, 0.5) is 5.69 Å². The molecule has 19 heavy (non-hydrogen) atoms. The monoisotopic (exact) mass is 313 g/mol. The lowest BCUT2D eigenvalue weighted by molar-refractivity contribution is 1.06. The molecule has 1 N–H and O–H groups in total. The SMILES string of the molecule is Brc1ccc2nncc(NCc3ccccc3)c2c1. The number of rotatable bonds is 3. The number of anilines is 1. The van der Waals surface area contributed by atoms with Crippen LogP contribution in [0.2, 0.25) is 0 Å². The van der Waals surface area contributed by atoms with Crippen LogP contribution in [0.25, 0.3) is 10.9 Å². The Kier molecular flexibility index (Phi) is 3.42. The van der Waals surface area contributed by atoms with Gasteiger partial charge in [0.1, 0.15) is 0 Å². The molecule has 0 amide bonds. The van der Waals surface area contributed by atoms with Crippen LogP contribution in [0.3, 0.4) is 0 Å². The van der Waals surface area contributed by atoms with Crippen molar-refractivity contribution in [3.63, 3.8) is 0 Å². The zero-order valence-electron chi connectivity index (χ0n) is 10.2. The fraction of sp³-hybridized carbons (Fsp3) is 0.0667. The first-order valence-electron chi connectivity index (χ1n) is 6.02. The number of aromatic nitrogens is 2. The summed E-state index contributed by atoms with van der Waals surface area (Å²) in [4.78, 5) is 0. The van der Waals surface area contributed by atoms with E-state index in [9.17, 15) is 0 Å². The normalized spacial score (nSPS) is 10.6. The summed E-state index contributed by atoms with van der Waals surface area (Å²) in [6.07, 6.45) is 1.76. The van der Waals surface area contributed by atoms with Crippen molar-refractivity contribution in [3.05, 3.63) is 64.8 Å². The summed E-state index contributed by atoms with van der Waals surface area (Å²) in [6.45, 7) is 0.772. The Hall–Kier alpha value is -1.94. The van der Waals surface area contributed by atoms with E-state index in [0.717, 1.165) is 27.6 Å². The van der Waals surface area contributed by atoms with E-state index in [-0.39, 0.29) is 0 Å². The third-order valence-corrected chi connectivity index (χ3v) is 3.42. The Balaban J connectivity index is 1.90. The van der Waals surface area contributed by atoms with Crippen molar-refractivity contribution in [2.24, 2.45) is 0 Å². The molecule has 0 saturated heterocycles. The van der Waals surface area contributed by atoms with Gasteiger partial charge in [-0.05, 0) is 23.8 Å². The Morgan fingerprint density at radius 1 is 1.05 bits per heavy atom. The van der Waals surface area contributed by atoms with Crippen molar-refractivity contribution < 1.29 is 0 Å². The molecule has 3 rings (SSSR count). The Labute approximate surface area is 119 Å². The van der Waals surface area contributed by atoms with Crippen LogP contribution in [0, 0.1) is 0 Å². The zero-order chi connectivity index (χ0) is 13.1. The molecule has 3 nitrogen and oxygen atoms in total. The van der Waals surface area contributed by atoms with Gasteiger partial charge in [-0.3, -0.25) is 0 Å². The number of hydrogen-bond acceptors (Lipinski definition) is 3. The maximum Gasteiger partial charge on any atom is 0.0951 e. The molecule has 0 saturated carbocycles. The smallest absolute Gasteiger partial charge is 0.0951 e. The lowest BCUT2D eigenvalue weighted by Gasteiger charge is -2.09. The van der Waals surface area contributed by atoms with Crippen molar-refractivity contribution in [1.29, 1.82) is 0 Å². The minimum absolute atomic E-state index is 0.772. The van der Waals surface area contributed by atoms with Crippen molar-refractivity contribution in [2.75, 3.05) is 5.32 Å². The quantitative estimate of drug-likeness (QED) is 0.794. The maximum absolute atomic E-state index is 4.13. The molecule has 0 aliphatic carbocycles. The standard InChI is InChI=1S/C15H12BrN3/c16-12-6-7-14-13(8-12)15(10-18-19-14)17-9-11-4-2-1-3-5-11/h1-8,10H,9H2,(H,17,19). The molecule has 94 valence electrons. The van der Waals surface area contributed by atoms with Crippen molar-refractivity contribution >= 4 is 32.5 Å². The van der Waals surface area contributed by atoms with Gasteiger partial charge >= 0.3 is 0 Å². The van der Waals surface area contributed by atoms with Gasteiger partial charge in [0.25, 0.3) is 0 Å². The summed E-state index contributed by atoms with van der Waals surface area (Å²) in [5.74, 6) is 0. The second-order valence-corrected chi connectivity index (χ2v) is 5.17. The van der Waals surface area contributed by atoms with Crippen LogP contribution in [0.1, 0.15) is 5.56 Å². The summed E-state index contributed by atoms with van der Waals surface area (Å²) < 4.78 is 1.04. The second kappa shape index (κ2) is 5.36. The first-order valence-corrected chi connectivity index (χ1v) is 6.81. The van der Waals surface area contributed by atoms with Crippen molar-refractivity contribution in [2.45, 2.75) is 6.54 Å². The van der Waals surface area contributed by atoms with Gasteiger partial charge in [0.05, 0.1) is 17.4 Å². The number of nitrogens with zero attached hydrogens (tertiary/aromatic N) is 2. The van der Waals surface area contributed by atoms with Gasteiger partial charge in [-0.1, -0.05) is 46.3 Å². The highest BCUT2D eigenvalue weighted by Crippen LogP contribution is 2.24.